The second kappa shape index (κ2) is 15.3. The molecule has 6 rings (SSSR count). The van der Waals surface area contributed by atoms with Crippen LogP contribution < -0.4 is 28.4 Å². The first-order valence-electron chi connectivity index (χ1n) is 15.2. The molecule has 0 amide bonds. The Morgan fingerprint density at radius 3 is 1.80 bits per heavy atom. The summed E-state index contributed by atoms with van der Waals surface area (Å²) in [6.07, 6.45) is 0.903. The molecule has 5 aromatic rings. The van der Waals surface area contributed by atoms with Crippen molar-refractivity contribution in [3.63, 3.8) is 0 Å². The zero-order chi connectivity index (χ0) is 36.0. The van der Waals surface area contributed by atoms with Gasteiger partial charge < -0.3 is 38.3 Å². The van der Waals surface area contributed by atoms with Crippen molar-refractivity contribution in [1.82, 2.24) is 8.75 Å². The lowest BCUT2D eigenvalue weighted by molar-refractivity contribution is -0.185. The normalized spacial score (nSPS) is 15.2. The van der Waals surface area contributed by atoms with Crippen molar-refractivity contribution in [3.05, 3.63) is 100 Å². The number of fused-ring (bicyclic) bond motifs is 1. The van der Waals surface area contributed by atoms with Gasteiger partial charge in [0.25, 0.3) is 5.79 Å². The van der Waals surface area contributed by atoms with E-state index in [9.17, 15) is 14.7 Å². The van der Waals surface area contributed by atoms with Crippen LogP contribution in [0.2, 0.25) is 0 Å². The lowest BCUT2D eigenvalue weighted by atomic mass is 9.87. The number of ether oxygens (including phenoxy) is 7. The highest BCUT2D eigenvalue weighted by Crippen LogP contribution is 2.47. The van der Waals surface area contributed by atoms with Crippen LogP contribution in [-0.4, -0.2) is 68.8 Å². The molecule has 0 fully saturated rings. The maximum atomic E-state index is 13.3. The molecule has 12 nitrogen and oxygen atoms in total. The number of nitrogens with zero attached hydrogens (tertiary/aromatic N) is 2. The highest BCUT2D eigenvalue weighted by molar-refractivity contribution is 7.00. The van der Waals surface area contributed by atoms with Crippen LogP contribution in [0.1, 0.15) is 32.6 Å². The van der Waals surface area contributed by atoms with Crippen LogP contribution >= 0.6 is 11.7 Å². The molecule has 1 atom stereocenters. The van der Waals surface area contributed by atoms with Crippen LogP contribution in [0.5, 0.6) is 34.5 Å². The van der Waals surface area contributed by atoms with Crippen molar-refractivity contribution in [2.45, 2.75) is 19.1 Å². The van der Waals surface area contributed by atoms with E-state index in [0.717, 1.165) is 34.7 Å². The molecule has 0 aliphatic carbocycles. The average molecular weight is 701 g/mol. The maximum Gasteiger partial charge on any atom is 0.342 e. The highest BCUT2D eigenvalue weighted by Gasteiger charge is 2.48. The molecule has 0 bridgehead atoms. The Labute approximate surface area is 293 Å². The first-order valence-corrected chi connectivity index (χ1v) is 15.9. The van der Waals surface area contributed by atoms with Crippen LogP contribution in [0.4, 0.5) is 0 Å². The molecule has 1 N–H and O–H groups in total. The summed E-state index contributed by atoms with van der Waals surface area (Å²) in [6, 6.07) is 19.4. The van der Waals surface area contributed by atoms with Crippen molar-refractivity contribution in [2.24, 2.45) is 0 Å². The summed E-state index contributed by atoms with van der Waals surface area (Å²) in [5, 5.41) is 11.9. The first-order chi connectivity index (χ1) is 24.1. The van der Waals surface area contributed by atoms with E-state index in [1.54, 1.807) is 54.6 Å². The maximum absolute atomic E-state index is 13.3. The third-order valence-electron chi connectivity index (χ3n) is 8.07. The monoisotopic (exact) mass is 700 g/mol. The molecular formula is C37H36N2O10S. The third kappa shape index (κ3) is 6.91. The number of rotatable bonds is 11. The topological polar surface area (TPSA) is 145 Å². The second-order valence-corrected chi connectivity index (χ2v) is 11.5. The van der Waals surface area contributed by atoms with Crippen molar-refractivity contribution in [3.8, 4) is 34.5 Å². The number of aryl methyl sites for hydroxylation is 1. The minimum absolute atomic E-state index is 0.176. The molecule has 2 heterocycles. The van der Waals surface area contributed by atoms with Crippen molar-refractivity contribution < 1.29 is 47.9 Å². The van der Waals surface area contributed by atoms with Gasteiger partial charge >= 0.3 is 5.97 Å². The quantitative estimate of drug-likeness (QED) is 0.128. The Kier molecular flexibility index (Phi) is 10.9. The molecule has 13 heteroatoms. The lowest BCUT2D eigenvalue weighted by Gasteiger charge is -2.26. The van der Waals surface area contributed by atoms with Crippen LogP contribution in [0.3, 0.4) is 0 Å². The summed E-state index contributed by atoms with van der Waals surface area (Å²) in [5.41, 5.74) is 5.35. The van der Waals surface area contributed by atoms with Gasteiger partial charge in [-0.3, -0.25) is 4.79 Å². The van der Waals surface area contributed by atoms with E-state index in [1.165, 1.54) is 42.7 Å². The zero-order valence-electron chi connectivity index (χ0n) is 28.6. The van der Waals surface area contributed by atoms with Crippen molar-refractivity contribution in [1.29, 1.82) is 0 Å². The largest absolute Gasteiger partial charge is 0.493 e. The van der Waals surface area contributed by atoms with Gasteiger partial charge in [-0.15, -0.1) is 0 Å². The van der Waals surface area contributed by atoms with E-state index in [4.69, 9.17) is 33.2 Å². The molecule has 1 aromatic heterocycles. The van der Waals surface area contributed by atoms with E-state index in [2.05, 4.69) is 8.75 Å². The number of hydrogen-bond donors (Lipinski definition) is 1. The Bertz CT molecular complexity index is 2010. The highest BCUT2D eigenvalue weighted by atomic mass is 32.1. The number of methoxy groups -OCH3 is 6. The molecule has 1 aliphatic heterocycles. The third-order valence-corrected chi connectivity index (χ3v) is 8.63. The van der Waals surface area contributed by atoms with Gasteiger partial charge in [0.05, 0.1) is 60.0 Å². The molecule has 0 spiro atoms. The average Bonchev–Trinajstić information content (AvgIpc) is 3.71. The van der Waals surface area contributed by atoms with Crippen LogP contribution in [0.15, 0.2) is 72.3 Å². The smallest absolute Gasteiger partial charge is 0.342 e. The van der Waals surface area contributed by atoms with E-state index in [-0.39, 0.29) is 12.0 Å². The summed E-state index contributed by atoms with van der Waals surface area (Å²) in [4.78, 5) is 23.9. The van der Waals surface area contributed by atoms with Gasteiger partial charge in [0.1, 0.15) is 17.3 Å². The lowest BCUT2D eigenvalue weighted by Crippen LogP contribution is -2.29. The van der Waals surface area contributed by atoms with E-state index in [1.807, 2.05) is 19.1 Å². The number of aldehydes is 1. The molecule has 4 aromatic carbocycles. The summed E-state index contributed by atoms with van der Waals surface area (Å²) in [6.45, 7) is 1.95. The van der Waals surface area contributed by atoms with Gasteiger partial charge in [0.2, 0.25) is 11.5 Å². The molecule has 1 aliphatic rings. The van der Waals surface area contributed by atoms with E-state index >= 15 is 0 Å². The first kappa shape index (κ1) is 35.6. The van der Waals surface area contributed by atoms with Gasteiger partial charge in [0.15, 0.2) is 23.0 Å². The number of benzene rings is 4. The zero-order valence-corrected chi connectivity index (χ0v) is 29.4. The second-order valence-electron chi connectivity index (χ2n) is 11.0. The van der Waals surface area contributed by atoms with Gasteiger partial charge in [-0.25, -0.2) is 4.79 Å². The van der Waals surface area contributed by atoms with Crippen molar-refractivity contribution >= 4 is 40.6 Å². The molecule has 260 valence electrons. The van der Waals surface area contributed by atoms with Crippen LogP contribution in [-0.2, 0) is 21.7 Å². The van der Waals surface area contributed by atoms with Crippen LogP contribution in [0, 0.1) is 6.92 Å². The van der Waals surface area contributed by atoms with Gasteiger partial charge in [0, 0.05) is 23.1 Å². The fourth-order valence-electron chi connectivity index (χ4n) is 5.60. The number of hydrogen-bond acceptors (Lipinski definition) is 13. The minimum Gasteiger partial charge on any atom is -0.493 e. The Hall–Kier alpha value is -5.66. The number of cyclic esters (lactones) is 1. The van der Waals surface area contributed by atoms with E-state index < -0.39 is 11.8 Å². The number of aromatic nitrogens is 2. The fourth-order valence-corrected chi connectivity index (χ4v) is 6.12. The molecule has 50 heavy (non-hydrogen) atoms. The van der Waals surface area contributed by atoms with Gasteiger partial charge in [-0.2, -0.15) is 8.75 Å². The standard InChI is InChI=1S/C27H24N2O6S.C10H12O4/c1-15-5-8-18(9-6-15)27(31)19(11-16-12-22(32-2)25(34-4)23(13-16)33-3)24(26(30)35-27)17-7-10-20-21(14-17)29-36-28-20;1-12-8-4-7(6-11)5-9(13-2)10(8)14-3/h5-10,12-14,31H,11H2,1-4H3;4-6H,1-3H3. The molecule has 0 radical (unpaired) electrons. The Balaban J connectivity index is 0.000000292. The van der Waals surface area contributed by atoms with Crippen LogP contribution in [0.25, 0.3) is 16.6 Å². The number of esters is 1. The fraction of sp³-hybridized carbons (Fsp3) is 0.243. The molecular weight excluding hydrogens is 664 g/mol. The van der Waals surface area contributed by atoms with E-state index in [0.29, 0.717) is 62.3 Å². The summed E-state index contributed by atoms with van der Waals surface area (Å²) >= 11 is 1.10. The SMILES string of the molecule is COc1cc(C=O)cc(OC)c1OC.COc1cc(CC2=C(c3ccc4nsnc4c3)C(=O)OC2(O)c2ccc(C)cc2)cc(OC)c1OC. The molecule has 0 saturated carbocycles. The van der Waals surface area contributed by atoms with Gasteiger partial charge in [-0.1, -0.05) is 35.9 Å². The van der Waals surface area contributed by atoms with Gasteiger partial charge in [-0.05, 0) is 54.4 Å². The number of carbonyl (C=O) groups excluding carboxylic acids is 2. The predicted octanol–water partition coefficient (Wildman–Crippen LogP) is 5.95. The Morgan fingerprint density at radius 2 is 1.28 bits per heavy atom. The molecule has 1 unspecified atom stereocenters. The summed E-state index contributed by atoms with van der Waals surface area (Å²) < 4.78 is 45.9. The van der Waals surface area contributed by atoms with Crippen molar-refractivity contribution in [2.75, 3.05) is 42.7 Å². The summed E-state index contributed by atoms with van der Waals surface area (Å²) in [5.74, 6) is 0.246. The molecule has 0 saturated heterocycles. The Morgan fingerprint density at radius 1 is 0.740 bits per heavy atom. The minimum atomic E-state index is -1.96. The number of aliphatic hydroxyl groups is 1. The summed E-state index contributed by atoms with van der Waals surface area (Å²) in [7, 11) is 9.13. The number of carbonyl (C=O) groups is 2. The predicted molar refractivity (Wildman–Crippen MR) is 187 cm³/mol.